The molecule has 0 radical (unpaired) electrons. The second-order valence-corrected chi connectivity index (χ2v) is 6.11. The predicted octanol–water partition coefficient (Wildman–Crippen LogP) is 3.57. The van der Waals surface area contributed by atoms with Crippen LogP contribution in [0.5, 0.6) is 0 Å². The van der Waals surface area contributed by atoms with Gasteiger partial charge in [0.25, 0.3) is 0 Å². The fourth-order valence-corrected chi connectivity index (χ4v) is 3.27. The van der Waals surface area contributed by atoms with Crippen LogP contribution in [0.2, 0.25) is 0 Å². The van der Waals surface area contributed by atoms with Crippen LogP contribution >= 0.6 is 11.3 Å². The molecule has 0 spiro atoms. The molecule has 1 unspecified atom stereocenters. The molecule has 0 saturated carbocycles. The minimum Gasteiger partial charge on any atom is -0.377 e. The lowest BCUT2D eigenvalue weighted by atomic mass is 9.85. The third-order valence-corrected chi connectivity index (χ3v) is 4.78. The molecule has 0 saturated heterocycles. The second kappa shape index (κ2) is 7.98. The Bertz CT molecular complexity index is 353. The largest absolute Gasteiger partial charge is 0.377 e. The van der Waals surface area contributed by atoms with Crippen molar-refractivity contribution in [3.05, 3.63) is 16.1 Å². The van der Waals surface area contributed by atoms with Gasteiger partial charge in [-0.05, 0) is 32.7 Å². The van der Waals surface area contributed by atoms with Crippen molar-refractivity contribution in [1.82, 2.24) is 10.3 Å². The number of aromatic nitrogens is 1. The summed E-state index contributed by atoms with van der Waals surface area (Å²) in [5, 5.41) is 6.97. The molecular formula is C15H28N2OS. The van der Waals surface area contributed by atoms with Crippen LogP contribution in [0.4, 0.5) is 0 Å². The van der Waals surface area contributed by atoms with Crippen LogP contribution in [0.3, 0.4) is 0 Å². The lowest BCUT2D eigenvalue weighted by Gasteiger charge is -2.39. The summed E-state index contributed by atoms with van der Waals surface area (Å²) < 4.78 is 5.89. The fourth-order valence-electron chi connectivity index (χ4n) is 2.65. The van der Waals surface area contributed by atoms with Crippen molar-refractivity contribution in [1.29, 1.82) is 0 Å². The zero-order valence-electron chi connectivity index (χ0n) is 13.0. The molecule has 0 aromatic carbocycles. The lowest BCUT2D eigenvalue weighted by Crippen LogP contribution is -2.53. The average molecular weight is 284 g/mol. The fraction of sp³-hybridized carbons (Fsp3) is 0.800. The Hall–Kier alpha value is -0.450. The number of thiazole rings is 1. The van der Waals surface area contributed by atoms with Crippen LogP contribution < -0.4 is 5.32 Å². The molecule has 0 bridgehead atoms. The van der Waals surface area contributed by atoms with E-state index in [-0.39, 0.29) is 5.60 Å². The molecule has 0 aliphatic heterocycles. The molecule has 1 rings (SSSR count). The molecule has 1 aromatic rings. The number of rotatable bonds is 9. The first-order chi connectivity index (χ1) is 9.11. The summed E-state index contributed by atoms with van der Waals surface area (Å²) in [6, 6.07) is 0.328. The van der Waals surface area contributed by atoms with Crippen molar-refractivity contribution in [2.24, 2.45) is 0 Å². The molecular weight excluding hydrogens is 256 g/mol. The van der Waals surface area contributed by atoms with E-state index in [9.17, 15) is 0 Å². The van der Waals surface area contributed by atoms with Gasteiger partial charge in [0.1, 0.15) is 0 Å². The van der Waals surface area contributed by atoms with Gasteiger partial charge in [-0.1, -0.05) is 20.8 Å². The Morgan fingerprint density at radius 1 is 1.37 bits per heavy atom. The van der Waals surface area contributed by atoms with Crippen LogP contribution in [0.15, 0.2) is 5.38 Å². The smallest absolute Gasteiger partial charge is 0.0897 e. The van der Waals surface area contributed by atoms with E-state index >= 15 is 0 Å². The minimum absolute atomic E-state index is 0.0906. The quantitative estimate of drug-likeness (QED) is 0.753. The van der Waals surface area contributed by atoms with Crippen molar-refractivity contribution in [3.8, 4) is 0 Å². The van der Waals surface area contributed by atoms with Crippen molar-refractivity contribution in [2.75, 3.05) is 13.7 Å². The van der Waals surface area contributed by atoms with Crippen molar-refractivity contribution in [2.45, 2.75) is 65.0 Å². The number of nitrogens with one attached hydrogen (secondary N) is 1. The summed E-state index contributed by atoms with van der Waals surface area (Å²) in [6.07, 6.45) is 4.12. The molecule has 1 atom stereocenters. The van der Waals surface area contributed by atoms with E-state index < -0.39 is 0 Å². The molecule has 1 N–H and O–H groups in total. The van der Waals surface area contributed by atoms with Gasteiger partial charge in [-0.2, -0.15) is 0 Å². The number of hydrogen-bond acceptors (Lipinski definition) is 4. The zero-order chi connectivity index (χ0) is 14.3. The standard InChI is InChI=1S/C15H28N2OS/c1-6-9-16-14(15(7-2,8-3)18-5)10-13-11-19-12(4)17-13/h11,14,16H,6-10H2,1-5H3. The molecule has 0 fully saturated rings. The van der Waals surface area contributed by atoms with Crippen molar-refractivity contribution in [3.63, 3.8) is 0 Å². The Balaban J connectivity index is 2.86. The minimum atomic E-state index is -0.0906. The third-order valence-electron chi connectivity index (χ3n) is 3.96. The van der Waals surface area contributed by atoms with Gasteiger partial charge in [0.05, 0.1) is 16.3 Å². The van der Waals surface area contributed by atoms with E-state index in [4.69, 9.17) is 4.74 Å². The predicted molar refractivity (Wildman–Crippen MR) is 83.0 cm³/mol. The molecule has 4 heteroatoms. The van der Waals surface area contributed by atoms with Gasteiger partial charge < -0.3 is 10.1 Å². The van der Waals surface area contributed by atoms with Crippen LogP contribution in [0.1, 0.15) is 50.7 Å². The number of methoxy groups -OCH3 is 1. The topological polar surface area (TPSA) is 34.2 Å². The summed E-state index contributed by atoms with van der Waals surface area (Å²) in [5.74, 6) is 0. The van der Waals surface area contributed by atoms with E-state index in [0.29, 0.717) is 6.04 Å². The SMILES string of the molecule is CCCNC(Cc1csc(C)n1)C(CC)(CC)OC. The van der Waals surface area contributed by atoms with Crippen LogP contribution in [-0.4, -0.2) is 30.3 Å². The van der Waals surface area contributed by atoms with E-state index in [2.05, 4.69) is 43.4 Å². The second-order valence-electron chi connectivity index (χ2n) is 5.04. The summed E-state index contributed by atoms with van der Waals surface area (Å²) in [7, 11) is 1.83. The first kappa shape index (κ1) is 16.6. The van der Waals surface area contributed by atoms with Crippen LogP contribution in [0, 0.1) is 6.92 Å². The third kappa shape index (κ3) is 4.26. The Morgan fingerprint density at radius 2 is 2.05 bits per heavy atom. The van der Waals surface area contributed by atoms with Crippen molar-refractivity contribution < 1.29 is 4.74 Å². The van der Waals surface area contributed by atoms with Gasteiger partial charge in [-0.3, -0.25) is 0 Å². The highest BCUT2D eigenvalue weighted by atomic mass is 32.1. The molecule has 110 valence electrons. The highest BCUT2D eigenvalue weighted by Gasteiger charge is 2.35. The van der Waals surface area contributed by atoms with Crippen LogP contribution in [-0.2, 0) is 11.2 Å². The van der Waals surface area contributed by atoms with Gasteiger partial charge in [0, 0.05) is 25.0 Å². The van der Waals surface area contributed by atoms with Gasteiger partial charge in [-0.25, -0.2) is 4.98 Å². The molecule has 0 aliphatic rings. The van der Waals surface area contributed by atoms with Gasteiger partial charge in [-0.15, -0.1) is 11.3 Å². The van der Waals surface area contributed by atoms with E-state index in [0.717, 1.165) is 37.2 Å². The maximum atomic E-state index is 5.89. The number of ether oxygens (including phenoxy) is 1. The summed E-state index contributed by atoms with van der Waals surface area (Å²) >= 11 is 1.72. The van der Waals surface area contributed by atoms with E-state index in [1.54, 1.807) is 11.3 Å². The average Bonchev–Trinajstić information content (AvgIpc) is 2.83. The Kier molecular flexibility index (Phi) is 6.97. The first-order valence-corrected chi connectivity index (χ1v) is 8.19. The number of hydrogen-bond donors (Lipinski definition) is 1. The summed E-state index contributed by atoms with van der Waals surface area (Å²) in [5.41, 5.74) is 1.09. The summed E-state index contributed by atoms with van der Waals surface area (Å²) in [6.45, 7) is 9.70. The Morgan fingerprint density at radius 3 is 2.47 bits per heavy atom. The van der Waals surface area contributed by atoms with Crippen LogP contribution in [0.25, 0.3) is 0 Å². The number of nitrogens with zero attached hydrogens (tertiary/aromatic N) is 1. The van der Waals surface area contributed by atoms with Gasteiger partial charge in [0.15, 0.2) is 0 Å². The number of aryl methyl sites for hydroxylation is 1. The highest BCUT2D eigenvalue weighted by Crippen LogP contribution is 2.27. The molecule has 1 heterocycles. The molecule has 19 heavy (non-hydrogen) atoms. The lowest BCUT2D eigenvalue weighted by molar-refractivity contribution is -0.0473. The van der Waals surface area contributed by atoms with E-state index in [1.807, 2.05) is 7.11 Å². The van der Waals surface area contributed by atoms with Crippen molar-refractivity contribution >= 4 is 11.3 Å². The normalized spacial score (nSPS) is 13.7. The monoisotopic (exact) mass is 284 g/mol. The zero-order valence-corrected chi connectivity index (χ0v) is 13.8. The van der Waals surface area contributed by atoms with E-state index in [1.165, 1.54) is 5.69 Å². The highest BCUT2D eigenvalue weighted by molar-refractivity contribution is 7.09. The molecule has 0 aliphatic carbocycles. The molecule has 1 aromatic heterocycles. The maximum absolute atomic E-state index is 5.89. The Labute approximate surface area is 121 Å². The first-order valence-electron chi connectivity index (χ1n) is 7.31. The molecule has 3 nitrogen and oxygen atoms in total. The maximum Gasteiger partial charge on any atom is 0.0897 e. The summed E-state index contributed by atoms with van der Waals surface area (Å²) in [4.78, 5) is 4.60. The molecule has 0 amide bonds. The van der Waals surface area contributed by atoms with Gasteiger partial charge >= 0.3 is 0 Å². The van der Waals surface area contributed by atoms with Gasteiger partial charge in [0.2, 0.25) is 0 Å².